The highest BCUT2D eigenvalue weighted by Crippen LogP contribution is 2.37. The summed E-state index contributed by atoms with van der Waals surface area (Å²) in [6, 6.07) is 7.65. The molecule has 86 valence electrons. The quantitative estimate of drug-likeness (QED) is 0.775. The third-order valence-corrected chi connectivity index (χ3v) is 3.90. The number of nitrogens with zero attached hydrogens (tertiary/aromatic N) is 1. The van der Waals surface area contributed by atoms with Gasteiger partial charge in [-0.3, -0.25) is 0 Å². The molecule has 0 spiro atoms. The van der Waals surface area contributed by atoms with Crippen LogP contribution in [0.3, 0.4) is 0 Å². The van der Waals surface area contributed by atoms with Gasteiger partial charge in [-0.05, 0) is 36.5 Å². The second-order valence-electron chi connectivity index (χ2n) is 5.30. The fourth-order valence-corrected chi connectivity index (χ4v) is 2.90. The molecule has 1 aromatic carbocycles. The standard InChI is InChI=1S/C14H20N2/c1-10(2)11-5-6-14-13(8-11)15-9-12-4-3-7-16(12)14/h5-6,8,10,12,15H,3-4,7,9H2,1-2H3. The van der Waals surface area contributed by atoms with Crippen molar-refractivity contribution in [3.05, 3.63) is 23.8 Å². The molecule has 2 aliphatic rings. The van der Waals surface area contributed by atoms with Gasteiger partial charge in [-0.1, -0.05) is 19.9 Å². The van der Waals surface area contributed by atoms with E-state index in [4.69, 9.17) is 0 Å². The molecule has 1 saturated heterocycles. The van der Waals surface area contributed by atoms with Crippen molar-refractivity contribution < 1.29 is 0 Å². The Hall–Kier alpha value is -1.18. The SMILES string of the molecule is CC(C)c1ccc2c(c1)NCC1CCCN21. The van der Waals surface area contributed by atoms with E-state index in [0.29, 0.717) is 5.92 Å². The molecule has 1 fully saturated rings. The molecule has 2 heteroatoms. The average molecular weight is 216 g/mol. The summed E-state index contributed by atoms with van der Waals surface area (Å²) in [4.78, 5) is 2.58. The van der Waals surface area contributed by atoms with Gasteiger partial charge in [-0.25, -0.2) is 0 Å². The van der Waals surface area contributed by atoms with Crippen molar-refractivity contribution >= 4 is 11.4 Å². The van der Waals surface area contributed by atoms with Crippen LogP contribution in [-0.4, -0.2) is 19.1 Å². The molecule has 3 rings (SSSR count). The molecule has 2 heterocycles. The molecule has 16 heavy (non-hydrogen) atoms. The van der Waals surface area contributed by atoms with Crippen LogP contribution in [0.25, 0.3) is 0 Å². The third-order valence-electron chi connectivity index (χ3n) is 3.90. The number of benzene rings is 1. The maximum absolute atomic E-state index is 3.59. The van der Waals surface area contributed by atoms with Crippen molar-refractivity contribution in [1.82, 2.24) is 0 Å². The summed E-state index contributed by atoms with van der Waals surface area (Å²) in [7, 11) is 0. The first-order chi connectivity index (χ1) is 7.75. The molecule has 2 nitrogen and oxygen atoms in total. The summed E-state index contributed by atoms with van der Waals surface area (Å²) in [5.74, 6) is 0.614. The highest BCUT2D eigenvalue weighted by atomic mass is 15.2. The van der Waals surface area contributed by atoms with E-state index in [1.54, 1.807) is 0 Å². The van der Waals surface area contributed by atoms with Crippen molar-refractivity contribution in [2.45, 2.75) is 38.6 Å². The monoisotopic (exact) mass is 216 g/mol. The van der Waals surface area contributed by atoms with Crippen molar-refractivity contribution in [1.29, 1.82) is 0 Å². The fraction of sp³-hybridized carbons (Fsp3) is 0.571. The number of hydrogen-bond acceptors (Lipinski definition) is 2. The minimum atomic E-state index is 0.614. The predicted molar refractivity (Wildman–Crippen MR) is 69.4 cm³/mol. The zero-order valence-electron chi connectivity index (χ0n) is 10.2. The van der Waals surface area contributed by atoms with Crippen molar-refractivity contribution in [2.24, 2.45) is 0 Å². The molecule has 1 unspecified atom stereocenters. The lowest BCUT2D eigenvalue weighted by atomic mass is 10.0. The van der Waals surface area contributed by atoms with Crippen LogP contribution in [0.15, 0.2) is 18.2 Å². The van der Waals surface area contributed by atoms with E-state index in [0.717, 1.165) is 12.6 Å². The number of rotatable bonds is 1. The van der Waals surface area contributed by atoms with Crippen LogP contribution in [0.2, 0.25) is 0 Å². The van der Waals surface area contributed by atoms with Crippen LogP contribution in [0.4, 0.5) is 11.4 Å². The van der Waals surface area contributed by atoms with Gasteiger partial charge in [0.2, 0.25) is 0 Å². The minimum absolute atomic E-state index is 0.614. The Labute approximate surface area is 97.6 Å². The lowest BCUT2D eigenvalue weighted by Crippen LogP contribution is -2.39. The summed E-state index contributed by atoms with van der Waals surface area (Å²) in [6.07, 6.45) is 2.69. The van der Waals surface area contributed by atoms with E-state index in [-0.39, 0.29) is 0 Å². The molecule has 0 aromatic heterocycles. The number of hydrogen-bond donors (Lipinski definition) is 1. The minimum Gasteiger partial charge on any atom is -0.381 e. The van der Waals surface area contributed by atoms with Crippen LogP contribution in [-0.2, 0) is 0 Å². The predicted octanol–water partition coefficient (Wildman–Crippen LogP) is 3.20. The topological polar surface area (TPSA) is 15.3 Å². The highest BCUT2D eigenvalue weighted by Gasteiger charge is 2.29. The van der Waals surface area contributed by atoms with Crippen LogP contribution in [0, 0.1) is 0 Å². The fourth-order valence-electron chi connectivity index (χ4n) is 2.90. The molecule has 2 aliphatic heterocycles. The largest absolute Gasteiger partial charge is 0.381 e. The van der Waals surface area contributed by atoms with E-state index in [9.17, 15) is 0 Å². The lowest BCUT2D eigenvalue weighted by Gasteiger charge is -2.35. The first-order valence-corrected chi connectivity index (χ1v) is 6.40. The second kappa shape index (κ2) is 3.69. The second-order valence-corrected chi connectivity index (χ2v) is 5.30. The zero-order valence-corrected chi connectivity index (χ0v) is 10.2. The summed E-state index contributed by atoms with van der Waals surface area (Å²) < 4.78 is 0. The Bertz CT molecular complexity index is 398. The van der Waals surface area contributed by atoms with Crippen LogP contribution >= 0.6 is 0 Å². The molecule has 0 bridgehead atoms. The Morgan fingerprint density at radius 3 is 3.06 bits per heavy atom. The van der Waals surface area contributed by atoms with Gasteiger partial charge in [0.15, 0.2) is 0 Å². The number of fused-ring (bicyclic) bond motifs is 3. The first kappa shape index (κ1) is 10.0. The maximum Gasteiger partial charge on any atom is 0.0605 e. The number of nitrogens with one attached hydrogen (secondary N) is 1. The van der Waals surface area contributed by atoms with Gasteiger partial charge < -0.3 is 10.2 Å². The van der Waals surface area contributed by atoms with Gasteiger partial charge >= 0.3 is 0 Å². The van der Waals surface area contributed by atoms with Gasteiger partial charge in [0.05, 0.1) is 11.4 Å². The zero-order chi connectivity index (χ0) is 11.1. The van der Waals surface area contributed by atoms with Gasteiger partial charge in [0.1, 0.15) is 0 Å². The van der Waals surface area contributed by atoms with Crippen molar-refractivity contribution in [3.8, 4) is 0 Å². The van der Waals surface area contributed by atoms with E-state index >= 15 is 0 Å². The Kier molecular flexibility index (Phi) is 2.31. The Morgan fingerprint density at radius 2 is 2.25 bits per heavy atom. The molecule has 0 saturated carbocycles. The molecule has 1 aromatic rings. The first-order valence-electron chi connectivity index (χ1n) is 6.40. The normalized spacial score (nSPS) is 22.9. The van der Waals surface area contributed by atoms with Gasteiger partial charge in [0.25, 0.3) is 0 Å². The molecular formula is C14H20N2. The van der Waals surface area contributed by atoms with Gasteiger partial charge in [0, 0.05) is 19.1 Å². The smallest absolute Gasteiger partial charge is 0.0605 e. The van der Waals surface area contributed by atoms with Gasteiger partial charge in [-0.15, -0.1) is 0 Å². The van der Waals surface area contributed by atoms with Crippen molar-refractivity contribution in [2.75, 3.05) is 23.3 Å². The summed E-state index contributed by atoms with van der Waals surface area (Å²) in [5.41, 5.74) is 4.19. The molecule has 1 N–H and O–H groups in total. The maximum atomic E-state index is 3.59. The summed E-state index contributed by atoms with van der Waals surface area (Å²) in [6.45, 7) is 6.86. The van der Waals surface area contributed by atoms with Crippen LogP contribution in [0.1, 0.15) is 38.2 Å². The third kappa shape index (κ3) is 1.48. The van der Waals surface area contributed by atoms with Crippen molar-refractivity contribution in [3.63, 3.8) is 0 Å². The molecule has 0 aliphatic carbocycles. The molecule has 1 atom stereocenters. The summed E-state index contributed by atoms with van der Waals surface area (Å²) >= 11 is 0. The Morgan fingerprint density at radius 1 is 1.38 bits per heavy atom. The van der Waals surface area contributed by atoms with Crippen LogP contribution in [0.5, 0.6) is 0 Å². The number of anilines is 2. The van der Waals surface area contributed by atoms with Crippen LogP contribution < -0.4 is 10.2 Å². The van der Waals surface area contributed by atoms with E-state index in [1.165, 1.54) is 36.3 Å². The summed E-state index contributed by atoms with van der Waals surface area (Å²) in [5, 5.41) is 3.59. The van der Waals surface area contributed by atoms with Gasteiger partial charge in [-0.2, -0.15) is 0 Å². The van der Waals surface area contributed by atoms with E-state index in [2.05, 4.69) is 42.3 Å². The molecule has 0 radical (unpaired) electrons. The molecule has 0 amide bonds. The average Bonchev–Trinajstić information content (AvgIpc) is 2.76. The van der Waals surface area contributed by atoms with E-state index in [1.807, 2.05) is 0 Å². The highest BCUT2D eigenvalue weighted by molar-refractivity contribution is 5.74. The molecular weight excluding hydrogens is 196 g/mol. The Balaban J connectivity index is 1.99. The lowest BCUT2D eigenvalue weighted by molar-refractivity contribution is 0.682. The van der Waals surface area contributed by atoms with E-state index < -0.39 is 0 Å².